The van der Waals surface area contributed by atoms with Gasteiger partial charge in [-0.2, -0.15) is 0 Å². The molecule has 0 bridgehead atoms. The van der Waals surface area contributed by atoms with Gasteiger partial charge in [0.15, 0.2) is 9.84 Å². The van der Waals surface area contributed by atoms with Gasteiger partial charge in [-0.05, 0) is 18.9 Å². The summed E-state index contributed by atoms with van der Waals surface area (Å²) in [5.74, 6) is -0.117. The Morgan fingerprint density at radius 3 is 2.61 bits per heavy atom. The van der Waals surface area contributed by atoms with Gasteiger partial charge in [-0.15, -0.1) is 0 Å². The molecule has 0 atom stereocenters. The first-order valence-corrected chi connectivity index (χ1v) is 7.35. The number of nitro benzene ring substituents is 1. The summed E-state index contributed by atoms with van der Waals surface area (Å²) in [5, 5.41) is 13.9. The van der Waals surface area contributed by atoms with Gasteiger partial charge in [-0.1, -0.05) is 12.1 Å². The Labute approximate surface area is 105 Å². The summed E-state index contributed by atoms with van der Waals surface area (Å²) in [6.07, 6.45) is 2.15. The quantitative estimate of drug-likeness (QED) is 0.618. The van der Waals surface area contributed by atoms with E-state index in [1.54, 1.807) is 0 Å². The van der Waals surface area contributed by atoms with Crippen molar-refractivity contribution in [2.75, 3.05) is 12.3 Å². The molecule has 1 aromatic rings. The third kappa shape index (κ3) is 3.05. The lowest BCUT2D eigenvalue weighted by molar-refractivity contribution is -0.387. The van der Waals surface area contributed by atoms with Crippen LogP contribution in [0.4, 0.5) is 5.69 Å². The van der Waals surface area contributed by atoms with Crippen LogP contribution >= 0.6 is 0 Å². The van der Waals surface area contributed by atoms with E-state index < -0.39 is 14.8 Å². The van der Waals surface area contributed by atoms with Crippen LogP contribution in [0, 0.1) is 10.1 Å². The fraction of sp³-hybridized carbons (Fsp3) is 0.455. The van der Waals surface area contributed by atoms with Gasteiger partial charge < -0.3 is 5.32 Å². The van der Waals surface area contributed by atoms with Crippen molar-refractivity contribution in [3.8, 4) is 0 Å². The molecule has 0 spiro atoms. The highest BCUT2D eigenvalue weighted by molar-refractivity contribution is 7.91. The van der Waals surface area contributed by atoms with Crippen molar-refractivity contribution >= 4 is 15.5 Å². The van der Waals surface area contributed by atoms with Crippen molar-refractivity contribution in [3.63, 3.8) is 0 Å². The Kier molecular flexibility index (Phi) is 3.63. The van der Waals surface area contributed by atoms with Crippen LogP contribution in [-0.4, -0.2) is 31.7 Å². The Balaban J connectivity index is 2.14. The van der Waals surface area contributed by atoms with Crippen LogP contribution in [0.3, 0.4) is 0 Å². The molecule has 6 nitrogen and oxygen atoms in total. The zero-order valence-corrected chi connectivity index (χ0v) is 10.5. The molecule has 7 heteroatoms. The molecule has 0 unspecified atom stereocenters. The van der Waals surface area contributed by atoms with Gasteiger partial charge in [-0.3, -0.25) is 10.1 Å². The molecule has 1 N–H and O–H groups in total. The minimum absolute atomic E-state index is 0.117. The largest absolute Gasteiger partial charge is 0.313 e. The highest BCUT2D eigenvalue weighted by Gasteiger charge is 2.26. The summed E-state index contributed by atoms with van der Waals surface area (Å²) in [4.78, 5) is 9.92. The van der Waals surface area contributed by atoms with Gasteiger partial charge in [0.1, 0.15) is 4.90 Å². The highest BCUT2D eigenvalue weighted by Crippen LogP contribution is 2.24. The maximum atomic E-state index is 12.0. The minimum atomic E-state index is -3.61. The topological polar surface area (TPSA) is 89.3 Å². The number of nitrogens with one attached hydrogen (secondary N) is 1. The van der Waals surface area contributed by atoms with Gasteiger partial charge in [-0.25, -0.2) is 8.42 Å². The summed E-state index contributed by atoms with van der Waals surface area (Å²) in [5.41, 5.74) is -0.357. The van der Waals surface area contributed by atoms with Crippen LogP contribution in [0.1, 0.15) is 12.8 Å². The first-order chi connectivity index (χ1) is 8.50. The number of para-hydroxylation sites is 1. The SMILES string of the molecule is O=[N+]([O-])c1ccccc1S(=O)(=O)CCNC1CC1. The van der Waals surface area contributed by atoms with E-state index in [4.69, 9.17) is 0 Å². The number of hydrogen-bond acceptors (Lipinski definition) is 5. The van der Waals surface area contributed by atoms with Gasteiger partial charge in [0.2, 0.25) is 0 Å². The molecule has 1 aliphatic carbocycles. The molecule has 1 aliphatic rings. The molecular formula is C11H14N2O4S. The molecule has 0 aromatic heterocycles. The van der Waals surface area contributed by atoms with E-state index >= 15 is 0 Å². The molecule has 0 amide bonds. The van der Waals surface area contributed by atoms with Gasteiger partial charge >= 0.3 is 0 Å². The first-order valence-electron chi connectivity index (χ1n) is 5.70. The predicted octanol–water partition coefficient (Wildman–Crippen LogP) is 1.12. The minimum Gasteiger partial charge on any atom is -0.313 e. The molecule has 98 valence electrons. The zero-order chi connectivity index (χ0) is 13.2. The van der Waals surface area contributed by atoms with E-state index in [0.717, 1.165) is 12.8 Å². The summed E-state index contributed by atoms with van der Waals surface area (Å²) in [6.45, 7) is 0.332. The predicted molar refractivity (Wildman–Crippen MR) is 66.2 cm³/mol. The second kappa shape index (κ2) is 5.03. The molecule has 0 radical (unpaired) electrons. The number of hydrogen-bond donors (Lipinski definition) is 1. The number of nitrogens with zero attached hydrogens (tertiary/aromatic N) is 1. The lowest BCUT2D eigenvalue weighted by atomic mass is 10.3. The summed E-state index contributed by atoms with van der Waals surface area (Å²) in [7, 11) is -3.61. The van der Waals surface area contributed by atoms with E-state index in [0.29, 0.717) is 12.6 Å². The number of sulfone groups is 1. The molecule has 1 fully saturated rings. The Morgan fingerprint density at radius 2 is 2.00 bits per heavy atom. The first kappa shape index (κ1) is 13.0. The molecule has 2 rings (SSSR count). The fourth-order valence-corrected chi connectivity index (χ4v) is 3.02. The Hall–Kier alpha value is -1.47. The Bertz CT molecular complexity index is 552. The second-order valence-corrected chi connectivity index (χ2v) is 6.35. The van der Waals surface area contributed by atoms with Gasteiger partial charge in [0, 0.05) is 18.7 Å². The van der Waals surface area contributed by atoms with Crippen LogP contribution in [0.25, 0.3) is 0 Å². The number of nitro groups is 1. The second-order valence-electron chi connectivity index (χ2n) is 4.27. The summed E-state index contributed by atoms with van der Waals surface area (Å²) >= 11 is 0. The van der Waals surface area contributed by atoms with E-state index in [2.05, 4.69) is 5.32 Å². The molecule has 0 aliphatic heterocycles. The van der Waals surface area contributed by atoms with E-state index in [1.165, 1.54) is 24.3 Å². The average molecular weight is 270 g/mol. The third-order valence-corrected chi connectivity index (χ3v) is 4.54. The monoisotopic (exact) mass is 270 g/mol. The van der Waals surface area contributed by atoms with Crippen LogP contribution < -0.4 is 5.32 Å². The summed E-state index contributed by atoms with van der Waals surface area (Å²) < 4.78 is 24.0. The fourth-order valence-electron chi connectivity index (χ4n) is 1.67. The smallest absolute Gasteiger partial charge is 0.287 e. The van der Waals surface area contributed by atoms with Crippen LogP contribution in [-0.2, 0) is 9.84 Å². The average Bonchev–Trinajstić information content (AvgIpc) is 3.13. The van der Waals surface area contributed by atoms with Crippen molar-refractivity contribution < 1.29 is 13.3 Å². The lowest BCUT2D eigenvalue weighted by Gasteiger charge is -2.05. The maximum absolute atomic E-state index is 12.0. The Morgan fingerprint density at radius 1 is 1.33 bits per heavy atom. The molecule has 1 saturated carbocycles. The maximum Gasteiger partial charge on any atom is 0.287 e. The number of rotatable bonds is 6. The van der Waals surface area contributed by atoms with Crippen molar-refractivity contribution in [3.05, 3.63) is 34.4 Å². The van der Waals surface area contributed by atoms with Crippen LogP contribution in [0.15, 0.2) is 29.2 Å². The molecule has 0 saturated heterocycles. The summed E-state index contributed by atoms with van der Waals surface area (Å²) in [6, 6.07) is 5.87. The van der Waals surface area contributed by atoms with Crippen molar-refractivity contribution in [1.82, 2.24) is 5.32 Å². The van der Waals surface area contributed by atoms with E-state index in [-0.39, 0.29) is 16.3 Å². The molecule has 0 heterocycles. The highest BCUT2D eigenvalue weighted by atomic mass is 32.2. The normalized spacial score (nSPS) is 15.6. The molecule has 18 heavy (non-hydrogen) atoms. The van der Waals surface area contributed by atoms with Gasteiger partial charge in [0.05, 0.1) is 10.7 Å². The molecule has 1 aromatic carbocycles. The zero-order valence-electron chi connectivity index (χ0n) is 9.70. The third-order valence-electron chi connectivity index (χ3n) is 2.78. The molecular weight excluding hydrogens is 256 g/mol. The van der Waals surface area contributed by atoms with E-state index in [1.807, 2.05) is 0 Å². The van der Waals surface area contributed by atoms with Crippen LogP contribution in [0.2, 0.25) is 0 Å². The van der Waals surface area contributed by atoms with Crippen molar-refractivity contribution in [2.45, 2.75) is 23.8 Å². The standard InChI is InChI=1S/C11H14N2O4S/c14-13(15)10-3-1-2-4-11(10)18(16,17)8-7-12-9-5-6-9/h1-4,9,12H,5-8H2. The van der Waals surface area contributed by atoms with Crippen molar-refractivity contribution in [2.24, 2.45) is 0 Å². The lowest BCUT2D eigenvalue weighted by Crippen LogP contribution is -2.25. The van der Waals surface area contributed by atoms with Gasteiger partial charge in [0.25, 0.3) is 5.69 Å². The van der Waals surface area contributed by atoms with Crippen molar-refractivity contribution in [1.29, 1.82) is 0 Å². The van der Waals surface area contributed by atoms with E-state index in [9.17, 15) is 18.5 Å². The number of benzene rings is 1. The van der Waals surface area contributed by atoms with Crippen LogP contribution in [0.5, 0.6) is 0 Å².